The standard InChI is InChI=1S/C21H17F2N3O3/c1-10-14(21(29)26-17-5-6-19(28)15(9-24)20(10)17)8-18(25-11(2)27)13-4-3-12(22)7-16(13)23/h3-7,18,28H,8H2,1-2H3,(H,25,27)(H,26,29)/t18-/m0/s1. The molecule has 0 saturated heterocycles. The number of halogens is 2. The maximum absolute atomic E-state index is 14.3. The van der Waals surface area contributed by atoms with Gasteiger partial charge in [0.15, 0.2) is 0 Å². The lowest BCUT2D eigenvalue weighted by atomic mass is 9.93. The first-order valence-corrected chi connectivity index (χ1v) is 8.72. The molecule has 0 unspecified atom stereocenters. The number of aromatic nitrogens is 1. The van der Waals surface area contributed by atoms with E-state index in [-0.39, 0.29) is 28.9 Å². The maximum atomic E-state index is 14.3. The zero-order valence-corrected chi connectivity index (χ0v) is 15.6. The third kappa shape index (κ3) is 3.80. The second-order valence-electron chi connectivity index (χ2n) is 6.67. The summed E-state index contributed by atoms with van der Waals surface area (Å²) in [6.45, 7) is 2.86. The monoisotopic (exact) mass is 397 g/mol. The zero-order chi connectivity index (χ0) is 21.3. The summed E-state index contributed by atoms with van der Waals surface area (Å²) in [7, 11) is 0. The number of hydrogen-bond acceptors (Lipinski definition) is 4. The van der Waals surface area contributed by atoms with E-state index in [4.69, 9.17) is 0 Å². The molecule has 0 radical (unpaired) electrons. The van der Waals surface area contributed by atoms with Crippen molar-refractivity contribution in [1.29, 1.82) is 5.26 Å². The average Bonchev–Trinajstić information content (AvgIpc) is 2.64. The normalized spacial score (nSPS) is 11.8. The maximum Gasteiger partial charge on any atom is 0.251 e. The highest BCUT2D eigenvalue weighted by Crippen LogP contribution is 2.30. The first kappa shape index (κ1) is 20.0. The number of H-pyrrole nitrogens is 1. The summed E-state index contributed by atoms with van der Waals surface area (Å²) in [4.78, 5) is 27.0. The second kappa shape index (κ2) is 7.72. The number of aromatic amines is 1. The molecule has 3 N–H and O–H groups in total. The number of nitrogens with one attached hydrogen (secondary N) is 2. The number of phenolic OH excluding ortho intramolecular Hbond substituents is 1. The third-order valence-corrected chi connectivity index (χ3v) is 4.77. The van der Waals surface area contributed by atoms with Gasteiger partial charge in [0.2, 0.25) is 5.91 Å². The highest BCUT2D eigenvalue weighted by molar-refractivity contribution is 5.90. The lowest BCUT2D eigenvalue weighted by Crippen LogP contribution is -2.31. The van der Waals surface area contributed by atoms with Crippen molar-refractivity contribution in [3.05, 3.63) is 74.6 Å². The predicted molar refractivity (Wildman–Crippen MR) is 102 cm³/mol. The summed E-state index contributed by atoms with van der Waals surface area (Å²) in [6, 6.07) is 6.75. The smallest absolute Gasteiger partial charge is 0.251 e. The fourth-order valence-electron chi connectivity index (χ4n) is 3.44. The molecule has 1 aromatic heterocycles. The molecule has 3 rings (SSSR count). The number of aryl methyl sites for hydroxylation is 1. The minimum atomic E-state index is -0.937. The Morgan fingerprint density at radius 2 is 2.03 bits per heavy atom. The molecule has 148 valence electrons. The molecule has 1 heterocycles. The Labute approximate surface area is 164 Å². The van der Waals surface area contributed by atoms with Crippen molar-refractivity contribution in [2.75, 3.05) is 0 Å². The van der Waals surface area contributed by atoms with Crippen LogP contribution in [0.3, 0.4) is 0 Å². The van der Waals surface area contributed by atoms with Crippen molar-refractivity contribution < 1.29 is 18.7 Å². The topological polar surface area (TPSA) is 106 Å². The van der Waals surface area contributed by atoms with Gasteiger partial charge < -0.3 is 15.4 Å². The van der Waals surface area contributed by atoms with E-state index in [1.54, 1.807) is 6.92 Å². The number of rotatable bonds is 4. The van der Waals surface area contributed by atoms with Crippen LogP contribution in [0.5, 0.6) is 5.75 Å². The zero-order valence-electron chi connectivity index (χ0n) is 15.6. The van der Waals surface area contributed by atoms with Crippen LogP contribution >= 0.6 is 0 Å². The summed E-state index contributed by atoms with van der Waals surface area (Å²) >= 11 is 0. The van der Waals surface area contributed by atoms with E-state index >= 15 is 0 Å². The Hall–Kier alpha value is -3.73. The number of benzene rings is 2. The summed E-state index contributed by atoms with van der Waals surface area (Å²) in [6.07, 6.45) is -0.0975. The van der Waals surface area contributed by atoms with E-state index < -0.39 is 29.1 Å². The molecule has 0 aliphatic carbocycles. The molecule has 3 aromatic rings. The highest BCUT2D eigenvalue weighted by Gasteiger charge is 2.22. The van der Waals surface area contributed by atoms with E-state index in [9.17, 15) is 28.7 Å². The number of nitriles is 1. The molecule has 0 spiro atoms. The van der Waals surface area contributed by atoms with Crippen molar-refractivity contribution in [3.63, 3.8) is 0 Å². The van der Waals surface area contributed by atoms with Crippen LogP contribution < -0.4 is 10.9 Å². The van der Waals surface area contributed by atoms with E-state index in [0.717, 1.165) is 6.07 Å². The van der Waals surface area contributed by atoms with Crippen LogP contribution in [0.15, 0.2) is 35.1 Å². The quantitative estimate of drug-likeness (QED) is 0.629. The second-order valence-corrected chi connectivity index (χ2v) is 6.67. The van der Waals surface area contributed by atoms with Crippen LogP contribution in [0.25, 0.3) is 10.9 Å². The molecule has 1 atom stereocenters. The molecule has 0 fully saturated rings. The summed E-state index contributed by atoms with van der Waals surface area (Å²) in [5.74, 6) is -2.30. The van der Waals surface area contributed by atoms with E-state index in [1.165, 1.54) is 25.1 Å². The molecule has 0 aliphatic heterocycles. The van der Waals surface area contributed by atoms with Gasteiger partial charge in [-0.05, 0) is 30.7 Å². The molecule has 0 bridgehead atoms. The third-order valence-electron chi connectivity index (χ3n) is 4.77. The first-order chi connectivity index (χ1) is 13.7. The molecular weight excluding hydrogens is 380 g/mol. The van der Waals surface area contributed by atoms with Crippen LogP contribution in [-0.4, -0.2) is 16.0 Å². The molecule has 8 heteroatoms. The van der Waals surface area contributed by atoms with Crippen LogP contribution in [0.4, 0.5) is 8.78 Å². The number of pyridine rings is 1. The van der Waals surface area contributed by atoms with Crippen LogP contribution in [-0.2, 0) is 11.2 Å². The number of carbonyl (C=O) groups excluding carboxylic acids is 1. The van der Waals surface area contributed by atoms with E-state index in [2.05, 4.69) is 10.3 Å². The van der Waals surface area contributed by atoms with Gasteiger partial charge in [-0.1, -0.05) is 6.07 Å². The fraction of sp³-hybridized carbons (Fsp3) is 0.190. The van der Waals surface area contributed by atoms with Gasteiger partial charge >= 0.3 is 0 Å². The number of fused-ring (bicyclic) bond motifs is 1. The van der Waals surface area contributed by atoms with Crippen LogP contribution in [0, 0.1) is 29.9 Å². The Bertz CT molecular complexity index is 1230. The van der Waals surface area contributed by atoms with Crippen LogP contribution in [0.2, 0.25) is 0 Å². The summed E-state index contributed by atoms with van der Waals surface area (Å²) in [5.41, 5.74) is 0.562. The Balaban J connectivity index is 2.19. The van der Waals surface area contributed by atoms with Crippen molar-refractivity contribution in [2.45, 2.75) is 26.3 Å². The van der Waals surface area contributed by atoms with E-state index in [1.807, 2.05) is 6.07 Å². The first-order valence-electron chi connectivity index (χ1n) is 8.72. The van der Waals surface area contributed by atoms with Gasteiger partial charge in [0.05, 0.1) is 11.6 Å². The van der Waals surface area contributed by atoms with Gasteiger partial charge in [-0.25, -0.2) is 8.78 Å². The molecule has 0 saturated carbocycles. The fourth-order valence-corrected chi connectivity index (χ4v) is 3.44. The van der Waals surface area contributed by atoms with Gasteiger partial charge in [0.25, 0.3) is 5.56 Å². The van der Waals surface area contributed by atoms with Crippen molar-refractivity contribution in [2.24, 2.45) is 0 Å². The lowest BCUT2D eigenvalue weighted by Gasteiger charge is -2.20. The highest BCUT2D eigenvalue weighted by atomic mass is 19.1. The average molecular weight is 397 g/mol. The van der Waals surface area contributed by atoms with Crippen LogP contribution in [0.1, 0.15) is 35.2 Å². The van der Waals surface area contributed by atoms with Gasteiger partial charge in [-0.15, -0.1) is 0 Å². The minimum absolute atomic E-state index is 0.00143. The number of nitrogens with zero attached hydrogens (tertiary/aromatic N) is 1. The Morgan fingerprint density at radius 3 is 2.66 bits per heavy atom. The number of hydrogen-bond donors (Lipinski definition) is 3. The van der Waals surface area contributed by atoms with Gasteiger partial charge in [0.1, 0.15) is 29.0 Å². The molecule has 29 heavy (non-hydrogen) atoms. The molecule has 0 aliphatic rings. The summed E-state index contributed by atoms with van der Waals surface area (Å²) < 4.78 is 27.6. The summed E-state index contributed by atoms with van der Waals surface area (Å²) in [5, 5.41) is 22.3. The molecule has 2 aromatic carbocycles. The Kier molecular flexibility index (Phi) is 5.33. The van der Waals surface area contributed by atoms with Gasteiger partial charge in [-0.2, -0.15) is 5.26 Å². The minimum Gasteiger partial charge on any atom is -0.507 e. The van der Waals surface area contributed by atoms with Crippen molar-refractivity contribution >= 4 is 16.8 Å². The lowest BCUT2D eigenvalue weighted by molar-refractivity contribution is -0.119. The largest absolute Gasteiger partial charge is 0.507 e. The number of amides is 1. The predicted octanol–water partition coefficient (Wildman–Crippen LogP) is 3.11. The molecule has 6 nitrogen and oxygen atoms in total. The van der Waals surface area contributed by atoms with Crippen molar-refractivity contribution in [1.82, 2.24) is 10.3 Å². The van der Waals surface area contributed by atoms with Crippen molar-refractivity contribution in [3.8, 4) is 11.8 Å². The van der Waals surface area contributed by atoms with Gasteiger partial charge in [-0.3, -0.25) is 9.59 Å². The van der Waals surface area contributed by atoms with Gasteiger partial charge in [0, 0.05) is 35.9 Å². The number of phenols is 1. The number of aromatic hydroxyl groups is 1. The Morgan fingerprint density at radius 1 is 1.31 bits per heavy atom. The number of carbonyl (C=O) groups is 1. The SMILES string of the molecule is CC(=O)N[C@@H](Cc1c(C)c2c(C#N)c(O)ccc2[nH]c1=O)c1ccc(F)cc1F. The van der Waals surface area contributed by atoms with E-state index in [0.29, 0.717) is 22.5 Å². The molecule has 1 amide bonds. The molecular formula is C21H17F2N3O3.